The number of hydrogen-bond acceptors (Lipinski definition) is 2. The van der Waals surface area contributed by atoms with Crippen LogP contribution < -0.4 is 0 Å². The Morgan fingerprint density at radius 2 is 1.45 bits per heavy atom. The first-order valence-electron chi connectivity index (χ1n) is 1.91. The minimum Gasteiger partial charge on any atom is -0.281 e. The molecule has 0 aliphatic rings. The van der Waals surface area contributed by atoms with E-state index in [0.29, 0.717) is 0 Å². The first-order chi connectivity index (χ1) is 4.50. The van der Waals surface area contributed by atoms with Crippen LogP contribution in [0, 0.1) is 0 Å². The Balaban J connectivity index is 5.08. The summed E-state index contributed by atoms with van der Waals surface area (Å²) in [6.07, 6.45) is 0. The zero-order valence-corrected chi connectivity index (χ0v) is 7.65. The van der Waals surface area contributed by atoms with Gasteiger partial charge in [0.15, 0.2) is 0 Å². The van der Waals surface area contributed by atoms with Crippen LogP contribution in [0.4, 0.5) is 8.78 Å². The van der Waals surface area contributed by atoms with Gasteiger partial charge in [-0.05, 0) is 0 Å². The van der Waals surface area contributed by atoms with Gasteiger partial charge in [0.2, 0.25) is 0 Å². The maximum Gasteiger partial charge on any atom is 0.415 e. The third-order valence-corrected chi connectivity index (χ3v) is 2.66. The molecule has 0 amide bonds. The molecule has 3 nitrogen and oxygen atoms in total. The minimum absolute atomic E-state index is 3.37. The average Bonchev–Trinajstić information content (AvgIpc) is 1.58. The molecule has 0 heterocycles. The van der Waals surface area contributed by atoms with E-state index in [1.807, 2.05) is 0 Å². The number of rotatable bonds is 1. The summed E-state index contributed by atoms with van der Waals surface area (Å²) in [6, 6.07) is 0. The summed E-state index contributed by atoms with van der Waals surface area (Å²) < 4.78 is 48.6. The van der Waals surface area contributed by atoms with Crippen molar-refractivity contribution in [2.75, 3.05) is 0 Å². The highest BCUT2D eigenvalue weighted by Crippen LogP contribution is 2.45. The van der Waals surface area contributed by atoms with Crippen LogP contribution in [-0.4, -0.2) is 22.0 Å². The lowest BCUT2D eigenvalue weighted by Crippen LogP contribution is -2.41. The lowest BCUT2D eigenvalue weighted by Gasteiger charge is -2.19. The van der Waals surface area contributed by atoms with Crippen molar-refractivity contribution in [3.63, 3.8) is 0 Å². The lowest BCUT2D eigenvalue weighted by atomic mass is 10.8. The van der Waals surface area contributed by atoms with Crippen LogP contribution in [0.25, 0.3) is 0 Å². The maximum atomic E-state index is 12.2. The van der Waals surface area contributed by atoms with Crippen LogP contribution in [0.5, 0.6) is 0 Å². The molecule has 0 bridgehead atoms. The Morgan fingerprint density at radius 3 is 1.45 bits per heavy atom. The largest absolute Gasteiger partial charge is 0.415 e. The van der Waals surface area contributed by atoms with Gasteiger partial charge in [-0.3, -0.25) is 4.55 Å². The quantitative estimate of drug-likeness (QED) is 0.570. The molecule has 9 heteroatoms. The molecule has 0 rings (SSSR count). The molecular formula is C2HCl3F2O3S. The molecule has 0 saturated carbocycles. The van der Waals surface area contributed by atoms with Gasteiger partial charge in [-0.1, -0.05) is 34.8 Å². The topological polar surface area (TPSA) is 54.4 Å². The maximum absolute atomic E-state index is 12.2. The molecule has 0 atom stereocenters. The standard InChI is InChI=1S/C2HCl3F2O3S/c3-1(4,5)2(6,7)11(8,9)10/h(H,8,9,10). The zero-order valence-electron chi connectivity index (χ0n) is 4.56. The van der Waals surface area contributed by atoms with E-state index in [2.05, 4.69) is 34.8 Å². The highest BCUT2D eigenvalue weighted by molar-refractivity contribution is 7.87. The minimum atomic E-state index is -5.69. The molecule has 0 radical (unpaired) electrons. The fourth-order valence-corrected chi connectivity index (χ4v) is 1.32. The Labute approximate surface area is 76.0 Å². The summed E-state index contributed by atoms with van der Waals surface area (Å²) in [7, 11) is -5.69. The van der Waals surface area contributed by atoms with Gasteiger partial charge < -0.3 is 0 Å². The summed E-state index contributed by atoms with van der Waals surface area (Å²) in [5.74, 6) is 0. The predicted octanol–water partition coefficient (Wildman–Crippen LogP) is 1.84. The van der Waals surface area contributed by atoms with Crippen molar-refractivity contribution in [2.24, 2.45) is 0 Å². The molecular weight excluding hydrogens is 248 g/mol. The molecule has 0 aromatic rings. The van der Waals surface area contributed by atoms with E-state index in [-0.39, 0.29) is 0 Å². The molecule has 1 N–H and O–H groups in total. The second-order valence-corrected chi connectivity index (χ2v) is 5.23. The van der Waals surface area contributed by atoms with E-state index in [0.717, 1.165) is 0 Å². The summed E-state index contributed by atoms with van der Waals surface area (Å²) in [5, 5.41) is -4.80. The van der Waals surface area contributed by atoms with Crippen LogP contribution in [0.1, 0.15) is 0 Å². The molecule has 0 unspecified atom stereocenters. The van der Waals surface area contributed by atoms with Crippen LogP contribution in [-0.2, 0) is 10.1 Å². The fourth-order valence-electron chi connectivity index (χ4n) is 0.146. The Bertz CT molecular complexity index is 242. The summed E-state index contributed by atoms with van der Waals surface area (Å²) in [4.78, 5) is 0. The van der Waals surface area contributed by atoms with Crippen molar-refractivity contribution in [3.8, 4) is 0 Å². The van der Waals surface area contributed by atoms with Crippen molar-refractivity contribution < 1.29 is 21.8 Å². The van der Waals surface area contributed by atoms with Crippen molar-refractivity contribution in [1.29, 1.82) is 0 Å². The van der Waals surface area contributed by atoms with Gasteiger partial charge in [0.05, 0.1) is 0 Å². The smallest absolute Gasteiger partial charge is 0.281 e. The highest BCUT2D eigenvalue weighted by atomic mass is 35.6. The van der Waals surface area contributed by atoms with Crippen molar-refractivity contribution in [2.45, 2.75) is 9.05 Å². The molecule has 0 aliphatic heterocycles. The Hall–Kier alpha value is 0.640. The first-order valence-corrected chi connectivity index (χ1v) is 4.49. The lowest BCUT2D eigenvalue weighted by molar-refractivity contribution is 0.0851. The van der Waals surface area contributed by atoms with E-state index >= 15 is 0 Å². The van der Waals surface area contributed by atoms with Crippen molar-refractivity contribution in [1.82, 2.24) is 0 Å². The highest BCUT2D eigenvalue weighted by Gasteiger charge is 2.61. The van der Waals surface area contributed by atoms with E-state index < -0.39 is 19.2 Å². The van der Waals surface area contributed by atoms with Gasteiger partial charge in [0.25, 0.3) is 3.79 Å². The van der Waals surface area contributed by atoms with Crippen LogP contribution in [0.3, 0.4) is 0 Å². The third kappa shape index (κ3) is 2.29. The molecule has 0 fully saturated rings. The number of hydrogen-bond donors (Lipinski definition) is 1. The molecule has 0 saturated heterocycles. The monoisotopic (exact) mass is 248 g/mol. The van der Waals surface area contributed by atoms with Gasteiger partial charge in [0, 0.05) is 0 Å². The van der Waals surface area contributed by atoms with Gasteiger partial charge in [-0.25, -0.2) is 0 Å². The van der Waals surface area contributed by atoms with E-state index in [1.165, 1.54) is 0 Å². The second kappa shape index (κ2) is 2.85. The predicted molar refractivity (Wildman–Crippen MR) is 36.8 cm³/mol. The van der Waals surface area contributed by atoms with E-state index in [4.69, 9.17) is 4.55 Å². The van der Waals surface area contributed by atoms with Gasteiger partial charge in [-0.15, -0.1) is 0 Å². The number of alkyl halides is 5. The van der Waals surface area contributed by atoms with Crippen LogP contribution >= 0.6 is 34.8 Å². The van der Waals surface area contributed by atoms with Crippen molar-refractivity contribution >= 4 is 44.9 Å². The first kappa shape index (κ1) is 11.6. The Morgan fingerprint density at radius 1 is 1.18 bits per heavy atom. The molecule has 0 aliphatic carbocycles. The SMILES string of the molecule is O=S(=O)(O)C(F)(F)C(Cl)(Cl)Cl. The summed E-state index contributed by atoms with van der Waals surface area (Å²) in [5.41, 5.74) is 0. The molecule has 0 spiro atoms. The van der Waals surface area contributed by atoms with Gasteiger partial charge in [0.1, 0.15) is 0 Å². The van der Waals surface area contributed by atoms with E-state index in [1.54, 1.807) is 0 Å². The normalized spacial score (nSPS) is 15.1. The van der Waals surface area contributed by atoms with Crippen LogP contribution in [0.2, 0.25) is 0 Å². The average molecular weight is 249 g/mol. The Kier molecular flexibility index (Phi) is 3.01. The summed E-state index contributed by atoms with van der Waals surface area (Å²) in [6.45, 7) is 0. The van der Waals surface area contributed by atoms with Gasteiger partial charge in [-0.2, -0.15) is 17.2 Å². The molecule has 11 heavy (non-hydrogen) atoms. The molecule has 0 aromatic carbocycles. The van der Waals surface area contributed by atoms with Crippen LogP contribution in [0.15, 0.2) is 0 Å². The summed E-state index contributed by atoms with van der Waals surface area (Å²) >= 11 is 13.7. The van der Waals surface area contributed by atoms with E-state index in [9.17, 15) is 17.2 Å². The number of halogens is 5. The molecule has 68 valence electrons. The zero-order chi connectivity index (χ0) is 9.50. The molecule has 0 aromatic heterocycles. The second-order valence-electron chi connectivity index (χ2n) is 1.49. The van der Waals surface area contributed by atoms with Gasteiger partial charge >= 0.3 is 15.4 Å². The third-order valence-electron chi connectivity index (χ3n) is 0.654. The van der Waals surface area contributed by atoms with Crippen molar-refractivity contribution in [3.05, 3.63) is 0 Å². The fraction of sp³-hybridized carbons (Fsp3) is 1.00.